The van der Waals surface area contributed by atoms with Crippen molar-refractivity contribution in [2.45, 2.75) is 32.7 Å². The zero-order valence-corrected chi connectivity index (χ0v) is 14.0. The van der Waals surface area contributed by atoms with Gasteiger partial charge in [-0.1, -0.05) is 34.1 Å². The first kappa shape index (κ1) is 14.6. The normalized spacial score (nSPS) is 14.7. The van der Waals surface area contributed by atoms with Crippen LogP contribution in [-0.4, -0.2) is 6.61 Å². The lowest BCUT2D eigenvalue weighted by molar-refractivity contribution is 0.352. The number of halogens is 1. The number of aryl methyl sites for hydroxylation is 2. The van der Waals surface area contributed by atoms with Gasteiger partial charge in [-0.3, -0.25) is 0 Å². The molecule has 0 spiro atoms. The van der Waals surface area contributed by atoms with Gasteiger partial charge in [0.15, 0.2) is 0 Å². The van der Waals surface area contributed by atoms with Crippen molar-refractivity contribution in [1.82, 2.24) is 0 Å². The zero-order chi connectivity index (χ0) is 15.0. The van der Waals surface area contributed by atoms with Gasteiger partial charge in [0.2, 0.25) is 0 Å². The third-order valence-electron chi connectivity index (χ3n) is 4.22. The van der Waals surface area contributed by atoms with Crippen LogP contribution in [-0.2, 0) is 12.8 Å². The summed E-state index contributed by atoms with van der Waals surface area (Å²) in [5, 5.41) is 0. The first-order valence-corrected chi connectivity index (χ1v) is 8.10. The molecule has 1 aliphatic rings. The van der Waals surface area contributed by atoms with Gasteiger partial charge in [-0.25, -0.2) is 0 Å². The van der Waals surface area contributed by atoms with Crippen molar-refractivity contribution in [2.75, 3.05) is 6.61 Å². The first-order chi connectivity index (χ1) is 10.0. The fourth-order valence-electron chi connectivity index (χ4n) is 2.85. The monoisotopic (exact) mass is 345 g/mol. The van der Waals surface area contributed by atoms with Gasteiger partial charge in [0.05, 0.1) is 6.61 Å². The Kier molecular flexibility index (Phi) is 4.05. The Morgan fingerprint density at radius 1 is 1.19 bits per heavy atom. The first-order valence-electron chi connectivity index (χ1n) is 7.31. The van der Waals surface area contributed by atoms with Crippen LogP contribution in [0, 0.1) is 13.8 Å². The fraction of sp³-hybridized carbons (Fsp3) is 0.333. The Hall–Kier alpha value is -1.32. The summed E-state index contributed by atoms with van der Waals surface area (Å²) >= 11 is 3.59. The lowest BCUT2D eigenvalue weighted by Gasteiger charge is -2.16. The smallest absolute Gasteiger partial charge is 0.125 e. The van der Waals surface area contributed by atoms with Crippen LogP contribution < -0.4 is 10.5 Å². The highest BCUT2D eigenvalue weighted by Gasteiger charge is 2.19. The van der Waals surface area contributed by atoms with Crippen molar-refractivity contribution in [3.8, 4) is 5.75 Å². The highest BCUT2D eigenvalue weighted by molar-refractivity contribution is 9.10. The third kappa shape index (κ3) is 2.99. The van der Waals surface area contributed by atoms with Crippen LogP contribution in [0.2, 0.25) is 0 Å². The molecule has 2 aromatic carbocycles. The molecule has 1 aliphatic heterocycles. The van der Waals surface area contributed by atoms with Gasteiger partial charge in [-0.05, 0) is 60.2 Å². The summed E-state index contributed by atoms with van der Waals surface area (Å²) < 4.78 is 6.89. The van der Waals surface area contributed by atoms with Crippen LogP contribution in [0.1, 0.15) is 33.9 Å². The minimum absolute atomic E-state index is 0.00750. The van der Waals surface area contributed by atoms with Crippen molar-refractivity contribution >= 4 is 15.9 Å². The molecule has 0 saturated carbocycles. The Morgan fingerprint density at radius 2 is 2.00 bits per heavy atom. The van der Waals surface area contributed by atoms with Crippen LogP contribution >= 0.6 is 15.9 Å². The third-order valence-corrected chi connectivity index (χ3v) is 4.68. The maximum absolute atomic E-state index is 6.42. The second-order valence-corrected chi connectivity index (χ2v) is 6.72. The van der Waals surface area contributed by atoms with E-state index in [0.717, 1.165) is 29.7 Å². The van der Waals surface area contributed by atoms with Crippen LogP contribution in [0.4, 0.5) is 0 Å². The molecule has 0 aromatic heterocycles. The van der Waals surface area contributed by atoms with E-state index >= 15 is 0 Å². The molecule has 2 aromatic rings. The summed E-state index contributed by atoms with van der Waals surface area (Å²) in [6.07, 6.45) is 1.78. The van der Waals surface area contributed by atoms with E-state index in [1.165, 1.54) is 27.8 Å². The molecule has 0 amide bonds. The van der Waals surface area contributed by atoms with E-state index in [4.69, 9.17) is 10.5 Å². The number of hydrogen-bond acceptors (Lipinski definition) is 2. The molecule has 0 bridgehead atoms. The molecule has 3 rings (SSSR count). The lowest BCUT2D eigenvalue weighted by Crippen LogP contribution is -2.14. The van der Waals surface area contributed by atoms with Crippen molar-refractivity contribution in [2.24, 2.45) is 5.73 Å². The highest BCUT2D eigenvalue weighted by atomic mass is 79.9. The summed E-state index contributed by atoms with van der Waals surface area (Å²) in [4.78, 5) is 0. The molecule has 21 heavy (non-hydrogen) atoms. The number of benzene rings is 2. The van der Waals surface area contributed by atoms with Gasteiger partial charge in [0, 0.05) is 16.9 Å². The quantitative estimate of drug-likeness (QED) is 0.902. The van der Waals surface area contributed by atoms with E-state index in [2.05, 4.69) is 60.1 Å². The predicted molar refractivity (Wildman–Crippen MR) is 89.9 cm³/mol. The van der Waals surface area contributed by atoms with E-state index in [9.17, 15) is 0 Å². The number of nitrogens with two attached hydrogens (primary N) is 1. The Labute approximate surface area is 134 Å². The summed E-state index contributed by atoms with van der Waals surface area (Å²) in [5.74, 6) is 1.04. The van der Waals surface area contributed by atoms with E-state index in [-0.39, 0.29) is 6.04 Å². The Bertz CT molecular complexity index is 681. The second-order valence-electron chi connectivity index (χ2n) is 5.81. The van der Waals surface area contributed by atoms with E-state index in [0.29, 0.717) is 0 Å². The van der Waals surface area contributed by atoms with Crippen molar-refractivity contribution in [3.63, 3.8) is 0 Å². The van der Waals surface area contributed by atoms with Crippen molar-refractivity contribution in [1.29, 1.82) is 0 Å². The van der Waals surface area contributed by atoms with Gasteiger partial charge in [0.1, 0.15) is 5.75 Å². The molecule has 0 radical (unpaired) electrons. The molecular formula is C18H20BrNO. The van der Waals surface area contributed by atoms with Gasteiger partial charge in [-0.2, -0.15) is 0 Å². The minimum Gasteiger partial charge on any atom is -0.493 e. The number of ether oxygens (including phenoxy) is 1. The largest absolute Gasteiger partial charge is 0.493 e. The number of hydrogen-bond donors (Lipinski definition) is 1. The van der Waals surface area contributed by atoms with Crippen molar-refractivity contribution in [3.05, 3.63) is 62.6 Å². The molecule has 2 N–H and O–H groups in total. The average molecular weight is 346 g/mol. The lowest BCUT2D eigenvalue weighted by atomic mass is 9.95. The Balaban J connectivity index is 1.88. The average Bonchev–Trinajstić information content (AvgIpc) is 2.90. The molecule has 110 valence electrons. The van der Waals surface area contributed by atoms with E-state index < -0.39 is 0 Å². The standard InChI is InChI=1S/C18H20BrNO/c1-11-3-4-13(7-12(11)2)17(20)10-15-9-16(19)8-14-5-6-21-18(14)15/h3-4,7-9,17H,5-6,10,20H2,1-2H3. The second kappa shape index (κ2) is 5.82. The van der Waals surface area contributed by atoms with Crippen LogP contribution in [0.15, 0.2) is 34.8 Å². The summed E-state index contributed by atoms with van der Waals surface area (Å²) in [7, 11) is 0. The van der Waals surface area contributed by atoms with Crippen LogP contribution in [0.5, 0.6) is 5.75 Å². The number of fused-ring (bicyclic) bond motifs is 1. The van der Waals surface area contributed by atoms with E-state index in [1.807, 2.05) is 0 Å². The zero-order valence-electron chi connectivity index (χ0n) is 12.4. The molecule has 3 heteroatoms. The topological polar surface area (TPSA) is 35.2 Å². The van der Waals surface area contributed by atoms with Crippen LogP contribution in [0.3, 0.4) is 0 Å². The van der Waals surface area contributed by atoms with Gasteiger partial charge >= 0.3 is 0 Å². The maximum atomic E-state index is 6.42. The Morgan fingerprint density at radius 3 is 2.76 bits per heavy atom. The van der Waals surface area contributed by atoms with Crippen molar-refractivity contribution < 1.29 is 4.74 Å². The molecular weight excluding hydrogens is 326 g/mol. The molecule has 1 heterocycles. The van der Waals surface area contributed by atoms with E-state index in [1.54, 1.807) is 0 Å². The predicted octanol–water partition coefficient (Wildman–Crippen LogP) is 4.24. The van der Waals surface area contributed by atoms with Gasteiger partial charge < -0.3 is 10.5 Å². The highest BCUT2D eigenvalue weighted by Crippen LogP contribution is 2.35. The summed E-state index contributed by atoms with van der Waals surface area (Å²) in [5.41, 5.74) is 12.7. The van der Waals surface area contributed by atoms with Gasteiger partial charge in [-0.15, -0.1) is 0 Å². The maximum Gasteiger partial charge on any atom is 0.125 e. The van der Waals surface area contributed by atoms with Crippen LogP contribution in [0.25, 0.3) is 0 Å². The number of rotatable bonds is 3. The molecule has 0 fully saturated rings. The molecule has 0 saturated heterocycles. The molecule has 1 atom stereocenters. The SMILES string of the molecule is Cc1ccc(C(N)Cc2cc(Br)cc3c2OCC3)cc1C. The molecule has 1 unspecified atom stereocenters. The molecule has 0 aliphatic carbocycles. The molecule has 2 nitrogen and oxygen atoms in total. The van der Waals surface area contributed by atoms with Gasteiger partial charge in [0.25, 0.3) is 0 Å². The summed E-state index contributed by atoms with van der Waals surface area (Å²) in [6, 6.07) is 10.7. The minimum atomic E-state index is -0.00750. The fourth-order valence-corrected chi connectivity index (χ4v) is 3.40. The summed E-state index contributed by atoms with van der Waals surface area (Å²) in [6.45, 7) is 5.03.